The summed E-state index contributed by atoms with van der Waals surface area (Å²) in [6.07, 6.45) is 4.17. The van der Waals surface area contributed by atoms with Crippen LogP contribution in [-0.2, 0) is 6.42 Å². The summed E-state index contributed by atoms with van der Waals surface area (Å²) in [5.41, 5.74) is 1.39. The average molecular weight is 293 g/mol. The molecule has 4 heteroatoms. The van der Waals surface area contributed by atoms with E-state index in [0.29, 0.717) is 6.54 Å². The average Bonchev–Trinajstić information content (AvgIpc) is 2.78. The Kier molecular flexibility index (Phi) is 6.64. The topological polar surface area (TPSA) is 63.9 Å². The molecule has 0 amide bonds. The normalized spacial score (nSPS) is 26.3. The molecule has 3 N–H and O–H groups in total. The van der Waals surface area contributed by atoms with Crippen molar-refractivity contribution in [3.63, 3.8) is 0 Å². The van der Waals surface area contributed by atoms with E-state index in [0.717, 1.165) is 25.8 Å². The molecule has 1 aliphatic rings. The lowest BCUT2D eigenvalue weighted by atomic mass is 10.1. The standard InChI is InChI=1S/C17H27NO3/c19-13-15-17(21)16(20)12-18(15)11-7-2-1-4-8-14-9-5-3-6-10-14/h3,5-6,9-10,15-17,19-21H,1-2,4,7-8,11-13H2/t15-,16-,17-/m0/s1. The molecule has 0 spiro atoms. The van der Waals surface area contributed by atoms with Gasteiger partial charge in [-0.1, -0.05) is 43.2 Å². The van der Waals surface area contributed by atoms with E-state index in [-0.39, 0.29) is 12.6 Å². The Morgan fingerprint density at radius 1 is 1.00 bits per heavy atom. The summed E-state index contributed by atoms with van der Waals surface area (Å²) in [6, 6.07) is 10.2. The Labute approximate surface area is 127 Å². The van der Waals surface area contributed by atoms with E-state index in [1.54, 1.807) is 0 Å². The molecule has 1 heterocycles. The van der Waals surface area contributed by atoms with Gasteiger partial charge in [-0.2, -0.15) is 0 Å². The van der Waals surface area contributed by atoms with Gasteiger partial charge in [0.1, 0.15) is 0 Å². The summed E-state index contributed by atoms with van der Waals surface area (Å²) in [4.78, 5) is 2.01. The fourth-order valence-corrected chi connectivity index (χ4v) is 3.08. The maximum atomic E-state index is 9.74. The van der Waals surface area contributed by atoms with Crippen molar-refractivity contribution in [1.82, 2.24) is 4.90 Å². The third-order valence-corrected chi connectivity index (χ3v) is 4.37. The van der Waals surface area contributed by atoms with Crippen molar-refractivity contribution in [2.24, 2.45) is 0 Å². The molecular weight excluding hydrogens is 266 g/mol. The predicted molar refractivity (Wildman–Crippen MR) is 83.1 cm³/mol. The lowest BCUT2D eigenvalue weighted by Crippen LogP contribution is -2.39. The number of likely N-dealkylation sites (tertiary alicyclic amines) is 1. The quantitative estimate of drug-likeness (QED) is 0.630. The molecule has 0 saturated carbocycles. The van der Waals surface area contributed by atoms with Crippen LogP contribution in [0.2, 0.25) is 0 Å². The predicted octanol–water partition coefficient (Wildman–Crippen LogP) is 1.19. The second-order valence-electron chi connectivity index (χ2n) is 5.95. The van der Waals surface area contributed by atoms with Crippen molar-refractivity contribution in [2.75, 3.05) is 19.7 Å². The Hall–Kier alpha value is -0.940. The molecule has 0 bridgehead atoms. The highest BCUT2D eigenvalue weighted by Crippen LogP contribution is 2.19. The number of aliphatic hydroxyl groups excluding tert-OH is 3. The number of hydrogen-bond acceptors (Lipinski definition) is 4. The zero-order valence-electron chi connectivity index (χ0n) is 12.6. The van der Waals surface area contributed by atoms with Gasteiger partial charge in [0, 0.05) is 6.54 Å². The first-order chi connectivity index (χ1) is 10.2. The highest BCUT2D eigenvalue weighted by molar-refractivity contribution is 5.14. The summed E-state index contributed by atoms with van der Waals surface area (Å²) >= 11 is 0. The van der Waals surface area contributed by atoms with Gasteiger partial charge >= 0.3 is 0 Å². The molecule has 0 radical (unpaired) electrons. The lowest BCUT2D eigenvalue weighted by Gasteiger charge is -2.23. The number of nitrogens with zero attached hydrogens (tertiary/aromatic N) is 1. The molecule has 2 rings (SSSR count). The van der Waals surface area contributed by atoms with E-state index in [2.05, 4.69) is 24.3 Å². The van der Waals surface area contributed by atoms with Gasteiger partial charge in [-0.15, -0.1) is 0 Å². The van der Waals surface area contributed by atoms with Crippen molar-refractivity contribution in [3.05, 3.63) is 35.9 Å². The fourth-order valence-electron chi connectivity index (χ4n) is 3.08. The molecule has 21 heavy (non-hydrogen) atoms. The van der Waals surface area contributed by atoms with Crippen LogP contribution in [0.3, 0.4) is 0 Å². The first-order valence-corrected chi connectivity index (χ1v) is 7.97. The molecule has 1 saturated heterocycles. The molecule has 118 valence electrons. The molecular formula is C17H27NO3. The fraction of sp³-hybridized carbons (Fsp3) is 0.647. The second kappa shape index (κ2) is 8.49. The molecule has 1 aromatic carbocycles. The minimum atomic E-state index is -0.812. The number of aryl methyl sites for hydroxylation is 1. The number of aliphatic hydroxyl groups is 3. The summed E-state index contributed by atoms with van der Waals surface area (Å²) in [6.45, 7) is 1.22. The maximum absolute atomic E-state index is 9.74. The van der Waals surface area contributed by atoms with Crippen LogP contribution in [0.15, 0.2) is 30.3 Å². The van der Waals surface area contributed by atoms with E-state index in [1.165, 1.54) is 18.4 Å². The zero-order valence-corrected chi connectivity index (χ0v) is 12.6. The van der Waals surface area contributed by atoms with E-state index < -0.39 is 12.2 Å². The molecule has 3 atom stereocenters. The number of rotatable bonds is 8. The van der Waals surface area contributed by atoms with Gasteiger partial charge < -0.3 is 15.3 Å². The van der Waals surface area contributed by atoms with Crippen LogP contribution in [-0.4, -0.2) is 58.2 Å². The second-order valence-corrected chi connectivity index (χ2v) is 5.95. The van der Waals surface area contributed by atoms with Crippen molar-refractivity contribution in [2.45, 2.75) is 50.4 Å². The minimum absolute atomic E-state index is 0.0910. The Morgan fingerprint density at radius 3 is 2.43 bits per heavy atom. The van der Waals surface area contributed by atoms with Crippen LogP contribution < -0.4 is 0 Å². The van der Waals surface area contributed by atoms with E-state index in [1.807, 2.05) is 11.0 Å². The highest BCUT2D eigenvalue weighted by atomic mass is 16.3. The van der Waals surface area contributed by atoms with Gasteiger partial charge in [-0.3, -0.25) is 4.90 Å². The van der Waals surface area contributed by atoms with Gasteiger partial charge in [0.05, 0.1) is 24.9 Å². The Bertz CT molecular complexity index is 398. The third-order valence-electron chi connectivity index (χ3n) is 4.37. The highest BCUT2D eigenvalue weighted by Gasteiger charge is 2.38. The van der Waals surface area contributed by atoms with Crippen LogP contribution in [0.5, 0.6) is 0 Å². The summed E-state index contributed by atoms with van der Waals surface area (Å²) in [7, 11) is 0. The number of hydrogen-bond donors (Lipinski definition) is 3. The van der Waals surface area contributed by atoms with Gasteiger partial charge in [0.15, 0.2) is 0 Å². The SMILES string of the molecule is OC[C@H]1[C@H](O)[C@@H](O)CN1CCCCCCc1ccccc1. The van der Waals surface area contributed by atoms with E-state index in [4.69, 9.17) is 0 Å². The zero-order chi connectivity index (χ0) is 15.1. The van der Waals surface area contributed by atoms with Crippen LogP contribution in [0.1, 0.15) is 31.2 Å². The first kappa shape index (κ1) is 16.4. The lowest BCUT2D eigenvalue weighted by molar-refractivity contribution is 0.0216. The van der Waals surface area contributed by atoms with Gasteiger partial charge in [0.25, 0.3) is 0 Å². The summed E-state index contributed by atoms with van der Waals surface area (Å²) in [5.74, 6) is 0. The number of β-amino-alcohol motifs (C(OH)–C–C–N with tert-alkyl or cyclic N) is 1. The molecule has 1 aromatic rings. The van der Waals surface area contributed by atoms with Crippen molar-refractivity contribution in [1.29, 1.82) is 0 Å². The largest absolute Gasteiger partial charge is 0.395 e. The summed E-state index contributed by atoms with van der Waals surface area (Å²) in [5, 5.41) is 28.7. The molecule has 4 nitrogen and oxygen atoms in total. The first-order valence-electron chi connectivity index (χ1n) is 7.97. The molecule has 1 fully saturated rings. The maximum Gasteiger partial charge on any atom is 0.0988 e. The summed E-state index contributed by atoms with van der Waals surface area (Å²) < 4.78 is 0. The molecule has 0 aliphatic carbocycles. The number of benzene rings is 1. The Balaban J connectivity index is 1.57. The molecule has 0 unspecified atom stereocenters. The van der Waals surface area contributed by atoms with E-state index >= 15 is 0 Å². The van der Waals surface area contributed by atoms with Crippen LogP contribution >= 0.6 is 0 Å². The van der Waals surface area contributed by atoms with Crippen molar-refractivity contribution >= 4 is 0 Å². The van der Waals surface area contributed by atoms with Crippen molar-refractivity contribution in [3.8, 4) is 0 Å². The Morgan fingerprint density at radius 2 is 1.71 bits per heavy atom. The van der Waals surface area contributed by atoms with Crippen LogP contribution in [0.25, 0.3) is 0 Å². The molecule has 0 aromatic heterocycles. The van der Waals surface area contributed by atoms with Crippen molar-refractivity contribution < 1.29 is 15.3 Å². The van der Waals surface area contributed by atoms with Gasteiger partial charge in [0.2, 0.25) is 0 Å². The third kappa shape index (κ3) is 4.78. The molecule has 1 aliphatic heterocycles. The van der Waals surface area contributed by atoms with Crippen LogP contribution in [0.4, 0.5) is 0 Å². The van der Waals surface area contributed by atoms with Gasteiger partial charge in [-0.05, 0) is 31.4 Å². The minimum Gasteiger partial charge on any atom is -0.395 e. The van der Waals surface area contributed by atoms with Crippen LogP contribution in [0, 0.1) is 0 Å². The smallest absolute Gasteiger partial charge is 0.0988 e. The van der Waals surface area contributed by atoms with Gasteiger partial charge in [-0.25, -0.2) is 0 Å². The van der Waals surface area contributed by atoms with E-state index in [9.17, 15) is 15.3 Å². The number of unbranched alkanes of at least 4 members (excludes halogenated alkanes) is 3. The monoisotopic (exact) mass is 293 g/mol.